The summed E-state index contributed by atoms with van der Waals surface area (Å²) in [5.74, 6) is 0. The molecule has 2 aromatic carbocycles. The summed E-state index contributed by atoms with van der Waals surface area (Å²) in [6, 6.07) is 14.3. The van der Waals surface area contributed by atoms with Crippen molar-refractivity contribution >= 4 is 10.8 Å². The predicted octanol–water partition coefficient (Wildman–Crippen LogP) is 3.18. The Kier molecular flexibility index (Phi) is 2.03. The molecule has 0 spiro atoms. The molecule has 0 saturated carbocycles. The SMILES string of the molecule is C[C@@H]([NH])c1ccc2ccccc2c1. The second-order valence-corrected chi connectivity index (χ2v) is 3.33. The summed E-state index contributed by atoms with van der Waals surface area (Å²) in [6.07, 6.45) is 0. The molecule has 13 heavy (non-hydrogen) atoms. The monoisotopic (exact) mass is 170 g/mol. The lowest BCUT2D eigenvalue weighted by atomic mass is 10.0. The third-order valence-corrected chi connectivity index (χ3v) is 2.27. The van der Waals surface area contributed by atoms with Gasteiger partial charge in [0.1, 0.15) is 0 Å². The van der Waals surface area contributed by atoms with Gasteiger partial charge in [0.2, 0.25) is 0 Å². The smallest absolute Gasteiger partial charge is 0.0434 e. The molecule has 2 rings (SSSR count). The highest BCUT2D eigenvalue weighted by Gasteiger charge is 1.99. The van der Waals surface area contributed by atoms with Crippen molar-refractivity contribution in [3.05, 3.63) is 48.0 Å². The minimum atomic E-state index is -0.135. The van der Waals surface area contributed by atoms with Crippen LogP contribution in [-0.4, -0.2) is 0 Å². The van der Waals surface area contributed by atoms with E-state index in [4.69, 9.17) is 5.73 Å². The molecule has 0 heterocycles. The Bertz CT molecular complexity index is 418. The average molecular weight is 170 g/mol. The number of nitrogens with one attached hydrogen (secondary N) is 1. The summed E-state index contributed by atoms with van der Waals surface area (Å²) in [6.45, 7) is 1.89. The van der Waals surface area contributed by atoms with Gasteiger partial charge in [-0.3, -0.25) is 5.73 Å². The highest BCUT2D eigenvalue weighted by atomic mass is 14.6. The molecule has 1 nitrogen and oxygen atoms in total. The molecule has 0 aliphatic carbocycles. The molecule has 0 aromatic heterocycles. The lowest BCUT2D eigenvalue weighted by Gasteiger charge is -2.05. The van der Waals surface area contributed by atoms with Crippen LogP contribution in [0.3, 0.4) is 0 Å². The van der Waals surface area contributed by atoms with E-state index in [1.165, 1.54) is 10.8 Å². The van der Waals surface area contributed by atoms with Gasteiger partial charge in [-0.15, -0.1) is 0 Å². The zero-order chi connectivity index (χ0) is 9.26. The van der Waals surface area contributed by atoms with Gasteiger partial charge in [-0.2, -0.15) is 0 Å². The Hall–Kier alpha value is -1.34. The molecule has 0 unspecified atom stereocenters. The molecule has 2 aromatic rings. The van der Waals surface area contributed by atoms with Gasteiger partial charge in [-0.1, -0.05) is 36.4 Å². The summed E-state index contributed by atoms with van der Waals surface area (Å²) in [7, 11) is 0. The first-order valence-electron chi connectivity index (χ1n) is 4.47. The summed E-state index contributed by atoms with van der Waals surface area (Å²) in [4.78, 5) is 0. The third kappa shape index (κ3) is 1.56. The summed E-state index contributed by atoms with van der Waals surface area (Å²) >= 11 is 0. The standard InChI is InChI=1S/C12H12N/c1-9(13)11-7-6-10-4-2-3-5-12(10)8-11/h2-9,13H,1H3/t9-/m1/s1. The second kappa shape index (κ2) is 3.19. The van der Waals surface area contributed by atoms with Gasteiger partial charge in [-0.25, -0.2) is 0 Å². The van der Waals surface area contributed by atoms with E-state index in [9.17, 15) is 0 Å². The second-order valence-electron chi connectivity index (χ2n) is 3.33. The van der Waals surface area contributed by atoms with Crippen molar-refractivity contribution in [3.63, 3.8) is 0 Å². The zero-order valence-corrected chi connectivity index (χ0v) is 7.62. The number of hydrogen-bond acceptors (Lipinski definition) is 0. The molecule has 1 heteroatoms. The van der Waals surface area contributed by atoms with Crippen LogP contribution in [0.1, 0.15) is 18.5 Å². The fourth-order valence-corrected chi connectivity index (χ4v) is 1.48. The molecular formula is C12H12N. The summed E-state index contributed by atoms with van der Waals surface area (Å²) in [5.41, 5.74) is 8.68. The fourth-order valence-electron chi connectivity index (χ4n) is 1.48. The van der Waals surface area contributed by atoms with E-state index in [1.807, 2.05) is 25.1 Å². The predicted molar refractivity (Wildman–Crippen MR) is 55.5 cm³/mol. The fraction of sp³-hybridized carbons (Fsp3) is 0.167. The Balaban J connectivity index is 2.62. The topological polar surface area (TPSA) is 23.8 Å². The Morgan fingerprint density at radius 3 is 2.38 bits per heavy atom. The van der Waals surface area contributed by atoms with Crippen LogP contribution in [0.15, 0.2) is 42.5 Å². The van der Waals surface area contributed by atoms with Crippen molar-refractivity contribution in [2.75, 3.05) is 0 Å². The van der Waals surface area contributed by atoms with Gasteiger partial charge in [0.05, 0.1) is 0 Å². The molecule has 0 aliphatic heterocycles. The molecule has 0 amide bonds. The first kappa shape index (κ1) is 8.27. The van der Waals surface area contributed by atoms with Crippen LogP contribution in [0.25, 0.3) is 10.8 Å². The third-order valence-electron chi connectivity index (χ3n) is 2.27. The number of hydrogen-bond donors (Lipinski definition) is 0. The van der Waals surface area contributed by atoms with Crippen molar-refractivity contribution in [1.82, 2.24) is 5.73 Å². The van der Waals surface area contributed by atoms with Crippen molar-refractivity contribution in [3.8, 4) is 0 Å². The highest BCUT2D eigenvalue weighted by molar-refractivity contribution is 5.83. The van der Waals surface area contributed by atoms with Gasteiger partial charge < -0.3 is 0 Å². The van der Waals surface area contributed by atoms with E-state index in [0.29, 0.717) is 0 Å². The van der Waals surface area contributed by atoms with Crippen molar-refractivity contribution in [1.29, 1.82) is 0 Å². The number of fused-ring (bicyclic) bond motifs is 1. The number of benzene rings is 2. The van der Waals surface area contributed by atoms with Crippen molar-refractivity contribution in [2.24, 2.45) is 0 Å². The molecule has 0 aliphatic rings. The molecule has 1 atom stereocenters. The molecule has 0 saturated heterocycles. The molecule has 1 radical (unpaired) electrons. The van der Waals surface area contributed by atoms with E-state index in [-0.39, 0.29) is 6.04 Å². The molecule has 1 N–H and O–H groups in total. The van der Waals surface area contributed by atoms with E-state index in [1.54, 1.807) is 0 Å². The van der Waals surface area contributed by atoms with Crippen LogP contribution in [0.5, 0.6) is 0 Å². The first-order chi connectivity index (χ1) is 6.27. The summed E-state index contributed by atoms with van der Waals surface area (Å²) in [5, 5.41) is 2.46. The maximum Gasteiger partial charge on any atom is 0.0434 e. The van der Waals surface area contributed by atoms with Gasteiger partial charge in [0.15, 0.2) is 0 Å². The van der Waals surface area contributed by atoms with Crippen LogP contribution in [0.2, 0.25) is 0 Å². The Labute approximate surface area is 78.2 Å². The minimum Gasteiger partial charge on any atom is -0.250 e. The lowest BCUT2D eigenvalue weighted by Crippen LogP contribution is -1.92. The van der Waals surface area contributed by atoms with Crippen LogP contribution in [0, 0.1) is 0 Å². The summed E-state index contributed by atoms with van der Waals surface area (Å²) < 4.78 is 0. The van der Waals surface area contributed by atoms with Crippen LogP contribution < -0.4 is 5.73 Å². The first-order valence-corrected chi connectivity index (χ1v) is 4.47. The van der Waals surface area contributed by atoms with Gasteiger partial charge in [0, 0.05) is 6.04 Å². The minimum absolute atomic E-state index is 0.135. The number of rotatable bonds is 1. The van der Waals surface area contributed by atoms with Crippen molar-refractivity contribution in [2.45, 2.75) is 13.0 Å². The van der Waals surface area contributed by atoms with Crippen LogP contribution in [0.4, 0.5) is 0 Å². The normalized spacial score (nSPS) is 13.1. The maximum absolute atomic E-state index is 7.59. The van der Waals surface area contributed by atoms with Crippen LogP contribution in [-0.2, 0) is 0 Å². The Morgan fingerprint density at radius 2 is 1.69 bits per heavy atom. The van der Waals surface area contributed by atoms with Crippen molar-refractivity contribution < 1.29 is 0 Å². The average Bonchev–Trinajstić information content (AvgIpc) is 2.17. The van der Waals surface area contributed by atoms with E-state index < -0.39 is 0 Å². The molecule has 65 valence electrons. The maximum atomic E-state index is 7.59. The zero-order valence-electron chi connectivity index (χ0n) is 7.62. The Morgan fingerprint density at radius 1 is 1.00 bits per heavy atom. The van der Waals surface area contributed by atoms with E-state index in [0.717, 1.165) is 5.56 Å². The molecule has 0 bridgehead atoms. The van der Waals surface area contributed by atoms with Gasteiger partial charge in [0.25, 0.3) is 0 Å². The molecular weight excluding hydrogens is 158 g/mol. The van der Waals surface area contributed by atoms with Gasteiger partial charge >= 0.3 is 0 Å². The van der Waals surface area contributed by atoms with Crippen LogP contribution >= 0.6 is 0 Å². The lowest BCUT2D eigenvalue weighted by molar-refractivity contribution is 0.789. The highest BCUT2D eigenvalue weighted by Crippen LogP contribution is 2.19. The largest absolute Gasteiger partial charge is 0.250 e. The quantitative estimate of drug-likeness (QED) is 0.627. The van der Waals surface area contributed by atoms with E-state index in [2.05, 4.69) is 24.3 Å². The molecule has 0 fully saturated rings. The van der Waals surface area contributed by atoms with Gasteiger partial charge in [-0.05, 0) is 29.3 Å². The van der Waals surface area contributed by atoms with E-state index >= 15 is 0 Å².